The summed E-state index contributed by atoms with van der Waals surface area (Å²) in [5, 5.41) is 10.8. The van der Waals surface area contributed by atoms with Gasteiger partial charge in [-0.25, -0.2) is 4.39 Å². The molecule has 1 aliphatic carbocycles. The number of rotatable bonds is 10. The van der Waals surface area contributed by atoms with Crippen LogP contribution in [0.3, 0.4) is 0 Å². The zero-order valence-corrected chi connectivity index (χ0v) is 41.7. The first-order valence-electron chi connectivity index (χ1n) is 24.9. The van der Waals surface area contributed by atoms with Crippen molar-refractivity contribution in [3.8, 4) is 22.3 Å². The number of hydrogen-bond donors (Lipinski definition) is 0. The number of fused-ring (bicyclic) bond motifs is 8. The van der Waals surface area contributed by atoms with Gasteiger partial charge in [-0.1, -0.05) is 213 Å². The van der Waals surface area contributed by atoms with Gasteiger partial charge in [-0.05, 0) is 138 Å². The minimum absolute atomic E-state index is 0.289. The SMILES string of the molecule is C[Si](C)(C)c1ccc(N(c2ccccc2)c2ccc3c(ccc4c5ccc(N(C6=CC=C/C(=C/c7ccccc7)C6)c6c(F)cc(-c7ccccc7)cc6-c6ccccc6)cc5c5ccccc5c34)c2)cc1. The highest BCUT2D eigenvalue weighted by atomic mass is 28.3. The lowest BCUT2D eigenvalue weighted by atomic mass is 9.90. The Bertz CT molecular complexity index is 3890. The molecule has 0 amide bonds. The van der Waals surface area contributed by atoms with Crippen LogP contribution in [0.4, 0.5) is 32.8 Å². The molecular formula is C68H53FN2Si. The van der Waals surface area contributed by atoms with E-state index in [2.05, 4.69) is 224 Å². The van der Waals surface area contributed by atoms with E-state index in [1.54, 1.807) is 6.07 Å². The molecule has 0 radical (unpaired) electrons. The second-order valence-electron chi connectivity index (χ2n) is 19.9. The van der Waals surface area contributed by atoms with E-state index in [1.807, 2.05) is 54.6 Å². The molecule has 0 fully saturated rings. The predicted octanol–water partition coefficient (Wildman–Crippen LogP) is 18.9. The maximum Gasteiger partial charge on any atom is 0.148 e. The lowest BCUT2D eigenvalue weighted by Crippen LogP contribution is -2.37. The average Bonchev–Trinajstić information content (AvgIpc) is 3.42. The fourth-order valence-corrected chi connectivity index (χ4v) is 11.9. The fourth-order valence-electron chi connectivity index (χ4n) is 10.7. The third-order valence-corrected chi connectivity index (χ3v) is 16.3. The highest BCUT2D eigenvalue weighted by Gasteiger charge is 2.27. The Morgan fingerprint density at radius 2 is 1.00 bits per heavy atom. The van der Waals surface area contributed by atoms with Gasteiger partial charge in [0, 0.05) is 40.4 Å². The number of nitrogens with zero attached hydrogens (tertiary/aromatic N) is 2. The quantitative estimate of drug-likeness (QED) is 0.0996. The van der Waals surface area contributed by atoms with Crippen molar-refractivity contribution in [3.63, 3.8) is 0 Å². The molecule has 1 aliphatic rings. The van der Waals surface area contributed by atoms with Crippen molar-refractivity contribution in [3.05, 3.63) is 271 Å². The number of benzene rings is 11. The van der Waals surface area contributed by atoms with Crippen molar-refractivity contribution in [1.82, 2.24) is 0 Å². The summed E-state index contributed by atoms with van der Waals surface area (Å²) in [5.41, 5.74) is 11.6. The Hall–Kier alpha value is -8.57. The van der Waals surface area contributed by atoms with Crippen molar-refractivity contribution < 1.29 is 4.39 Å². The molecule has 0 spiro atoms. The van der Waals surface area contributed by atoms with Crippen molar-refractivity contribution in [2.24, 2.45) is 0 Å². The van der Waals surface area contributed by atoms with Gasteiger partial charge in [0.05, 0.1) is 13.8 Å². The third-order valence-electron chi connectivity index (χ3n) is 14.2. The summed E-state index contributed by atoms with van der Waals surface area (Å²) in [6, 6.07) is 81.5. The van der Waals surface area contributed by atoms with Gasteiger partial charge in [0.2, 0.25) is 0 Å². The molecule has 0 N–H and O–H groups in total. The molecule has 346 valence electrons. The van der Waals surface area contributed by atoms with Gasteiger partial charge < -0.3 is 9.80 Å². The first kappa shape index (κ1) is 44.6. The Morgan fingerprint density at radius 1 is 0.444 bits per heavy atom. The molecule has 4 heteroatoms. The van der Waals surface area contributed by atoms with Gasteiger partial charge in [-0.15, -0.1) is 0 Å². The number of hydrogen-bond acceptors (Lipinski definition) is 2. The lowest BCUT2D eigenvalue weighted by molar-refractivity contribution is 0.628. The lowest BCUT2D eigenvalue weighted by Gasteiger charge is -2.32. The number of halogens is 1. The van der Waals surface area contributed by atoms with Crippen LogP contribution in [-0.2, 0) is 0 Å². The monoisotopic (exact) mass is 944 g/mol. The van der Waals surface area contributed by atoms with Crippen molar-refractivity contribution in [1.29, 1.82) is 0 Å². The van der Waals surface area contributed by atoms with E-state index in [0.717, 1.165) is 78.0 Å². The van der Waals surface area contributed by atoms with Crippen molar-refractivity contribution in [2.75, 3.05) is 9.80 Å². The first-order valence-corrected chi connectivity index (χ1v) is 28.4. The fraction of sp³-hybridized carbons (Fsp3) is 0.0588. The Balaban J connectivity index is 1.04. The summed E-state index contributed by atoms with van der Waals surface area (Å²) >= 11 is 0. The topological polar surface area (TPSA) is 6.48 Å². The van der Waals surface area contributed by atoms with Gasteiger partial charge in [0.1, 0.15) is 5.82 Å². The molecule has 0 unspecified atom stereocenters. The molecule has 2 nitrogen and oxygen atoms in total. The Morgan fingerprint density at radius 3 is 1.71 bits per heavy atom. The molecule has 0 saturated carbocycles. The maximum atomic E-state index is 17.8. The van der Waals surface area contributed by atoms with E-state index in [-0.39, 0.29) is 5.82 Å². The first-order chi connectivity index (χ1) is 35.2. The third kappa shape index (κ3) is 8.40. The molecule has 72 heavy (non-hydrogen) atoms. The molecule has 11 aromatic carbocycles. The second-order valence-corrected chi connectivity index (χ2v) is 25.0. The normalized spacial score (nSPS) is 13.3. The highest BCUT2D eigenvalue weighted by Crippen LogP contribution is 2.47. The van der Waals surface area contributed by atoms with Gasteiger partial charge in [0.15, 0.2) is 0 Å². The zero-order valence-electron chi connectivity index (χ0n) is 40.7. The van der Waals surface area contributed by atoms with Crippen LogP contribution in [0.1, 0.15) is 12.0 Å². The standard InChI is InChI=1S/C68H53FN2Si/c1-72(2,3)58-36-32-54(33-37-58)70(53-26-14-7-15-27-53)56-34-39-59-51(43-56)31-38-63-61-40-35-57(46-65(61)60-29-16-17-30-62(60)67(59)63)71(55-28-18-21-48(42-55)41-47-19-8-4-9-20-47)68-64(50-24-12-6-13-25-50)44-52(45-66(68)69)49-22-10-5-11-23-49/h4-41,43-46H,42H2,1-3H3/b48-41-. The Kier molecular flexibility index (Phi) is 11.5. The number of allylic oxidation sites excluding steroid dienone is 4. The largest absolute Gasteiger partial charge is 0.311 e. The average molecular weight is 945 g/mol. The Labute approximate surface area is 422 Å². The molecule has 0 heterocycles. The molecule has 0 bridgehead atoms. The summed E-state index contributed by atoms with van der Waals surface area (Å²) < 4.78 is 17.8. The van der Waals surface area contributed by atoms with Crippen molar-refractivity contribution in [2.45, 2.75) is 26.1 Å². The second kappa shape index (κ2) is 18.6. The minimum atomic E-state index is -1.48. The summed E-state index contributed by atoms with van der Waals surface area (Å²) in [6.45, 7) is 7.19. The molecule has 0 aliphatic heterocycles. The van der Waals surface area contributed by atoms with Crippen LogP contribution in [0.25, 0.3) is 71.4 Å². The molecule has 0 saturated heterocycles. The molecule has 11 aromatic rings. The zero-order chi connectivity index (χ0) is 48.8. The summed E-state index contributed by atoms with van der Waals surface area (Å²) in [7, 11) is -1.48. The molecule has 12 rings (SSSR count). The number of para-hydroxylation sites is 1. The predicted molar refractivity (Wildman–Crippen MR) is 310 cm³/mol. The van der Waals surface area contributed by atoms with Crippen LogP contribution in [0.15, 0.2) is 260 Å². The maximum absolute atomic E-state index is 17.8. The van der Waals surface area contributed by atoms with Crippen LogP contribution in [0.2, 0.25) is 19.6 Å². The van der Waals surface area contributed by atoms with E-state index >= 15 is 4.39 Å². The minimum Gasteiger partial charge on any atom is -0.311 e. The van der Waals surface area contributed by atoms with E-state index in [0.29, 0.717) is 12.1 Å². The van der Waals surface area contributed by atoms with Gasteiger partial charge in [0.25, 0.3) is 0 Å². The summed E-state index contributed by atoms with van der Waals surface area (Å²) in [6.07, 6.45) is 9.25. The summed E-state index contributed by atoms with van der Waals surface area (Å²) in [5.74, 6) is -0.289. The van der Waals surface area contributed by atoms with E-state index in [9.17, 15) is 0 Å². The highest BCUT2D eigenvalue weighted by molar-refractivity contribution is 6.88. The molecule has 0 aromatic heterocycles. The van der Waals surface area contributed by atoms with Gasteiger partial charge in [-0.2, -0.15) is 0 Å². The van der Waals surface area contributed by atoms with Crippen LogP contribution in [0.5, 0.6) is 0 Å². The smallest absolute Gasteiger partial charge is 0.148 e. The van der Waals surface area contributed by atoms with E-state index in [4.69, 9.17) is 0 Å². The van der Waals surface area contributed by atoms with Gasteiger partial charge >= 0.3 is 0 Å². The van der Waals surface area contributed by atoms with Gasteiger partial charge in [-0.3, -0.25) is 0 Å². The molecule has 0 atom stereocenters. The van der Waals surface area contributed by atoms with Crippen LogP contribution < -0.4 is 15.0 Å². The van der Waals surface area contributed by atoms with Crippen LogP contribution in [-0.4, -0.2) is 8.07 Å². The van der Waals surface area contributed by atoms with Crippen LogP contribution in [0, 0.1) is 5.82 Å². The van der Waals surface area contributed by atoms with E-state index in [1.165, 1.54) is 32.1 Å². The van der Waals surface area contributed by atoms with Crippen molar-refractivity contribution >= 4 is 90.9 Å². The van der Waals surface area contributed by atoms with Crippen LogP contribution >= 0.6 is 0 Å². The summed E-state index contributed by atoms with van der Waals surface area (Å²) in [4.78, 5) is 4.54. The molecular weight excluding hydrogens is 892 g/mol. The number of anilines is 5. The van der Waals surface area contributed by atoms with E-state index < -0.39 is 8.07 Å².